The first kappa shape index (κ1) is 10.0. The molecule has 5 heteroatoms. The minimum atomic E-state index is -1.45. The van der Waals surface area contributed by atoms with E-state index in [1.807, 2.05) is 0 Å². The van der Waals surface area contributed by atoms with Gasteiger partial charge in [-0.25, -0.2) is 8.78 Å². The van der Waals surface area contributed by atoms with Gasteiger partial charge in [0, 0.05) is 0 Å². The van der Waals surface area contributed by atoms with Crippen LogP contribution in [0.5, 0.6) is 5.75 Å². The Labute approximate surface area is 84.3 Å². The van der Waals surface area contributed by atoms with Crippen molar-refractivity contribution >= 4 is 5.78 Å². The number of carbonyl (C=O) groups is 1. The lowest BCUT2D eigenvalue weighted by Gasteiger charge is -2.26. The van der Waals surface area contributed by atoms with Crippen molar-refractivity contribution in [3.63, 3.8) is 0 Å². The van der Waals surface area contributed by atoms with E-state index < -0.39 is 35.2 Å². The second-order valence-corrected chi connectivity index (χ2v) is 3.37. The molecule has 0 amide bonds. The minimum absolute atomic E-state index is 0.0308. The molecule has 0 aromatic heterocycles. The molecule has 0 aliphatic carbocycles. The number of ether oxygens (including phenoxy) is 1. The van der Waals surface area contributed by atoms with Crippen LogP contribution >= 0.6 is 0 Å². The first-order chi connectivity index (χ1) is 7.02. The fraction of sp³-hybridized carbons (Fsp3) is 0.300. The molecule has 1 aliphatic rings. The maximum atomic E-state index is 13.2. The Hall–Kier alpha value is -1.49. The molecule has 1 aromatic carbocycles. The Morgan fingerprint density at radius 2 is 2.07 bits per heavy atom. The highest BCUT2D eigenvalue weighted by molar-refractivity contribution is 6.03. The summed E-state index contributed by atoms with van der Waals surface area (Å²) >= 11 is 0. The van der Waals surface area contributed by atoms with Gasteiger partial charge in [0.15, 0.2) is 17.7 Å². The average molecular weight is 214 g/mol. The number of aliphatic hydroxyl groups excluding tert-OH is 1. The van der Waals surface area contributed by atoms with Crippen LogP contribution in [0.1, 0.15) is 17.3 Å². The standard InChI is InChI=1S/C10H8F2O3/c1-4-9(13)10(14)7-6(15-4)3-2-5(11)8(7)12/h2-4,9,13H,1H3/t4-,9-/m1/s1. The average Bonchev–Trinajstić information content (AvgIpc) is 2.20. The third kappa shape index (κ3) is 1.39. The molecule has 0 spiro atoms. The molecule has 0 fully saturated rings. The van der Waals surface area contributed by atoms with Gasteiger partial charge < -0.3 is 9.84 Å². The number of Topliss-reactive ketones (excluding diaryl/α,β-unsaturated/α-hetero) is 1. The molecule has 0 unspecified atom stereocenters. The molecule has 0 bridgehead atoms. The van der Waals surface area contributed by atoms with Crippen LogP contribution in [0.4, 0.5) is 8.78 Å². The number of halogens is 2. The van der Waals surface area contributed by atoms with Crippen molar-refractivity contribution in [2.45, 2.75) is 19.1 Å². The molecule has 0 saturated heterocycles. The fourth-order valence-corrected chi connectivity index (χ4v) is 1.49. The van der Waals surface area contributed by atoms with Crippen molar-refractivity contribution in [3.05, 3.63) is 29.3 Å². The molecule has 1 aliphatic heterocycles. The lowest BCUT2D eigenvalue weighted by Crippen LogP contribution is -2.40. The van der Waals surface area contributed by atoms with Crippen LogP contribution in [0, 0.1) is 11.6 Å². The normalized spacial score (nSPS) is 24.7. The summed E-state index contributed by atoms with van der Waals surface area (Å²) < 4.78 is 31.2. The predicted molar refractivity (Wildman–Crippen MR) is 46.8 cm³/mol. The number of hydrogen-bond donors (Lipinski definition) is 1. The lowest BCUT2D eigenvalue weighted by molar-refractivity contribution is 0.0281. The quantitative estimate of drug-likeness (QED) is 0.707. The van der Waals surface area contributed by atoms with Crippen LogP contribution in [-0.4, -0.2) is 23.1 Å². The molecule has 0 radical (unpaired) electrons. The number of rotatable bonds is 0. The van der Waals surface area contributed by atoms with Crippen molar-refractivity contribution in [1.29, 1.82) is 0 Å². The van der Waals surface area contributed by atoms with Crippen LogP contribution in [0.3, 0.4) is 0 Å². The number of ketones is 1. The molecule has 1 aromatic rings. The van der Waals surface area contributed by atoms with E-state index in [2.05, 4.69) is 0 Å². The largest absolute Gasteiger partial charge is 0.487 e. The zero-order valence-corrected chi connectivity index (χ0v) is 7.83. The summed E-state index contributed by atoms with van der Waals surface area (Å²) in [6, 6.07) is 2.06. The summed E-state index contributed by atoms with van der Waals surface area (Å²) in [4.78, 5) is 11.5. The third-order valence-electron chi connectivity index (χ3n) is 2.33. The van der Waals surface area contributed by atoms with Crippen LogP contribution in [0.15, 0.2) is 12.1 Å². The van der Waals surface area contributed by atoms with Crippen LogP contribution in [-0.2, 0) is 0 Å². The predicted octanol–water partition coefficient (Wildman–Crippen LogP) is 1.29. The maximum Gasteiger partial charge on any atom is 0.201 e. The zero-order valence-electron chi connectivity index (χ0n) is 7.83. The van der Waals surface area contributed by atoms with Crippen molar-refractivity contribution in [3.8, 4) is 5.75 Å². The molecular weight excluding hydrogens is 206 g/mol. The zero-order chi connectivity index (χ0) is 11.2. The fourth-order valence-electron chi connectivity index (χ4n) is 1.49. The van der Waals surface area contributed by atoms with Crippen molar-refractivity contribution < 1.29 is 23.4 Å². The number of hydrogen-bond acceptors (Lipinski definition) is 3. The third-order valence-corrected chi connectivity index (χ3v) is 2.33. The molecule has 15 heavy (non-hydrogen) atoms. The Balaban J connectivity index is 2.61. The van der Waals surface area contributed by atoms with E-state index in [9.17, 15) is 18.7 Å². The molecule has 2 rings (SSSR count). The Bertz CT molecular complexity index is 431. The minimum Gasteiger partial charge on any atom is -0.487 e. The number of aliphatic hydroxyl groups is 1. The van der Waals surface area contributed by atoms with Gasteiger partial charge in [0.2, 0.25) is 5.78 Å². The van der Waals surface area contributed by atoms with Crippen LogP contribution in [0.2, 0.25) is 0 Å². The van der Waals surface area contributed by atoms with E-state index in [1.54, 1.807) is 0 Å². The molecule has 0 saturated carbocycles. The first-order valence-corrected chi connectivity index (χ1v) is 4.39. The second-order valence-electron chi connectivity index (χ2n) is 3.37. The topological polar surface area (TPSA) is 46.5 Å². The van der Waals surface area contributed by atoms with Gasteiger partial charge in [0.1, 0.15) is 17.4 Å². The van der Waals surface area contributed by atoms with Crippen molar-refractivity contribution in [1.82, 2.24) is 0 Å². The Morgan fingerprint density at radius 3 is 2.73 bits per heavy atom. The highest BCUT2D eigenvalue weighted by atomic mass is 19.2. The second kappa shape index (κ2) is 3.27. The SMILES string of the molecule is C[C@H]1Oc2ccc(F)c(F)c2C(=O)[C@@H]1O. The summed E-state index contributed by atoms with van der Waals surface area (Å²) in [7, 11) is 0. The summed E-state index contributed by atoms with van der Waals surface area (Å²) in [5, 5.41) is 9.34. The van der Waals surface area contributed by atoms with E-state index in [-0.39, 0.29) is 5.75 Å². The maximum absolute atomic E-state index is 13.2. The Kier molecular flexibility index (Phi) is 2.19. The van der Waals surface area contributed by atoms with E-state index in [1.165, 1.54) is 13.0 Å². The summed E-state index contributed by atoms with van der Waals surface area (Å²) in [5.74, 6) is -3.28. The van der Waals surface area contributed by atoms with Gasteiger partial charge in [-0.15, -0.1) is 0 Å². The van der Waals surface area contributed by atoms with E-state index in [4.69, 9.17) is 4.74 Å². The van der Waals surface area contributed by atoms with Gasteiger partial charge in [-0.2, -0.15) is 0 Å². The van der Waals surface area contributed by atoms with Gasteiger partial charge in [-0.1, -0.05) is 0 Å². The van der Waals surface area contributed by atoms with E-state index >= 15 is 0 Å². The first-order valence-electron chi connectivity index (χ1n) is 4.39. The molecule has 2 atom stereocenters. The van der Waals surface area contributed by atoms with Gasteiger partial charge in [-0.05, 0) is 19.1 Å². The van der Waals surface area contributed by atoms with Crippen molar-refractivity contribution in [2.75, 3.05) is 0 Å². The molecule has 80 valence electrons. The van der Waals surface area contributed by atoms with Crippen molar-refractivity contribution in [2.24, 2.45) is 0 Å². The van der Waals surface area contributed by atoms with Gasteiger partial charge in [0.25, 0.3) is 0 Å². The summed E-state index contributed by atoms with van der Waals surface area (Å²) in [5.41, 5.74) is -0.513. The van der Waals surface area contributed by atoms with Gasteiger partial charge in [-0.3, -0.25) is 4.79 Å². The molecule has 1 heterocycles. The summed E-state index contributed by atoms with van der Waals surface area (Å²) in [6.07, 6.45) is -2.20. The number of carbonyl (C=O) groups excluding carboxylic acids is 1. The van der Waals surface area contributed by atoms with Crippen LogP contribution in [0.25, 0.3) is 0 Å². The monoisotopic (exact) mass is 214 g/mol. The van der Waals surface area contributed by atoms with E-state index in [0.717, 1.165) is 6.07 Å². The molecule has 1 N–H and O–H groups in total. The lowest BCUT2D eigenvalue weighted by atomic mass is 9.98. The highest BCUT2D eigenvalue weighted by Crippen LogP contribution is 2.30. The smallest absolute Gasteiger partial charge is 0.201 e. The molecule has 3 nitrogen and oxygen atoms in total. The molecular formula is C10H8F2O3. The van der Waals surface area contributed by atoms with Gasteiger partial charge >= 0.3 is 0 Å². The number of benzene rings is 1. The Morgan fingerprint density at radius 1 is 1.40 bits per heavy atom. The van der Waals surface area contributed by atoms with E-state index in [0.29, 0.717) is 0 Å². The number of fused-ring (bicyclic) bond motifs is 1. The van der Waals surface area contributed by atoms with Gasteiger partial charge in [0.05, 0.1) is 0 Å². The highest BCUT2D eigenvalue weighted by Gasteiger charge is 2.36. The summed E-state index contributed by atoms with van der Waals surface area (Å²) in [6.45, 7) is 1.48. The van der Waals surface area contributed by atoms with Crippen LogP contribution < -0.4 is 4.74 Å².